The first-order valence-electron chi connectivity index (χ1n) is 12.1. The van der Waals surface area contributed by atoms with E-state index in [2.05, 4.69) is 37.1 Å². The van der Waals surface area contributed by atoms with Gasteiger partial charge in [0.2, 0.25) is 0 Å². The molecule has 1 fully saturated rings. The molecule has 10 nitrogen and oxygen atoms in total. The van der Waals surface area contributed by atoms with Crippen LogP contribution in [-0.2, 0) is 6.54 Å². The van der Waals surface area contributed by atoms with E-state index in [-0.39, 0.29) is 0 Å². The van der Waals surface area contributed by atoms with Gasteiger partial charge >= 0.3 is 0 Å². The molecule has 1 aliphatic heterocycles. The van der Waals surface area contributed by atoms with E-state index in [4.69, 9.17) is 10.5 Å². The van der Waals surface area contributed by atoms with Crippen LogP contribution in [0.5, 0.6) is 11.5 Å². The first-order valence-corrected chi connectivity index (χ1v) is 12.1. The van der Waals surface area contributed by atoms with E-state index >= 15 is 0 Å². The topological polar surface area (TPSA) is 110 Å². The molecule has 2 atom stereocenters. The molecule has 37 heavy (non-hydrogen) atoms. The standard InChI is InChI=1S/C26H30FN9O/c1-17-12-19(4-5-23(17)37-20-7-11-35-24(13-20)31-16-32-35)33-26(29-2)25-18(6-10-36(25)30-3)14-34-9-8-22(28)21(27)15-34/h4-7,10-13,16,21-22H,3,8-9,14-15,28H2,1-2H3,(H,29,33)/t21-,22+/m0/s1. The molecule has 0 amide bonds. The maximum Gasteiger partial charge on any atom is 0.158 e. The number of nitrogens with two attached hydrogens (primary N) is 1. The predicted octanol–water partition coefficient (Wildman–Crippen LogP) is 3.45. The monoisotopic (exact) mass is 503 g/mol. The van der Waals surface area contributed by atoms with E-state index in [1.165, 1.54) is 6.33 Å². The van der Waals surface area contributed by atoms with Gasteiger partial charge in [-0.1, -0.05) is 0 Å². The molecule has 0 saturated carbocycles. The van der Waals surface area contributed by atoms with Crippen LogP contribution in [0.2, 0.25) is 0 Å². The quantitative estimate of drug-likeness (QED) is 0.295. The average Bonchev–Trinajstić information content (AvgIpc) is 3.53. The van der Waals surface area contributed by atoms with Gasteiger partial charge in [0.05, 0.1) is 0 Å². The fourth-order valence-corrected chi connectivity index (χ4v) is 4.52. The van der Waals surface area contributed by atoms with Crippen molar-refractivity contribution in [1.29, 1.82) is 0 Å². The number of alkyl halides is 1. The largest absolute Gasteiger partial charge is 0.457 e. The molecule has 3 N–H and O–H groups in total. The van der Waals surface area contributed by atoms with Gasteiger partial charge in [0.15, 0.2) is 11.5 Å². The van der Waals surface area contributed by atoms with Crippen LogP contribution in [0, 0.1) is 6.92 Å². The molecular weight excluding hydrogens is 473 g/mol. The molecule has 0 unspecified atom stereocenters. The van der Waals surface area contributed by atoms with Gasteiger partial charge in [-0.3, -0.25) is 9.89 Å². The summed E-state index contributed by atoms with van der Waals surface area (Å²) in [6, 6.07) is 11.1. The Bertz CT molecular complexity index is 1440. The van der Waals surface area contributed by atoms with Crippen molar-refractivity contribution in [2.45, 2.75) is 32.1 Å². The zero-order valence-electron chi connectivity index (χ0n) is 20.9. The van der Waals surface area contributed by atoms with Crippen LogP contribution in [-0.4, -0.2) is 69.1 Å². The normalized spacial score (nSPS) is 18.8. The maximum absolute atomic E-state index is 14.2. The predicted molar refractivity (Wildman–Crippen MR) is 142 cm³/mol. The third-order valence-corrected chi connectivity index (χ3v) is 6.54. The summed E-state index contributed by atoms with van der Waals surface area (Å²) in [4.78, 5) is 10.8. The Morgan fingerprint density at radius 3 is 2.89 bits per heavy atom. The molecule has 0 radical (unpaired) electrons. The number of ether oxygens (including phenoxy) is 1. The van der Waals surface area contributed by atoms with E-state index < -0.39 is 12.2 Å². The number of benzene rings is 1. The van der Waals surface area contributed by atoms with Crippen LogP contribution in [0.25, 0.3) is 5.65 Å². The zero-order chi connectivity index (χ0) is 25.9. The number of piperidine rings is 1. The van der Waals surface area contributed by atoms with E-state index in [9.17, 15) is 4.39 Å². The number of amidine groups is 1. The first kappa shape index (κ1) is 24.6. The Hall–Kier alpha value is -4.09. The summed E-state index contributed by atoms with van der Waals surface area (Å²) in [5, 5.41) is 11.6. The van der Waals surface area contributed by atoms with Crippen molar-refractivity contribution in [3.05, 3.63) is 71.9 Å². The van der Waals surface area contributed by atoms with Gasteiger partial charge < -0.3 is 15.8 Å². The second kappa shape index (κ2) is 10.5. The van der Waals surface area contributed by atoms with Gasteiger partial charge in [0.25, 0.3) is 0 Å². The number of halogens is 1. The average molecular weight is 504 g/mol. The summed E-state index contributed by atoms with van der Waals surface area (Å²) in [5.41, 5.74) is 10.1. The Morgan fingerprint density at radius 2 is 2.14 bits per heavy atom. The van der Waals surface area contributed by atoms with E-state index in [1.807, 2.05) is 49.5 Å². The molecule has 11 heteroatoms. The van der Waals surface area contributed by atoms with Crippen molar-refractivity contribution >= 4 is 23.9 Å². The van der Waals surface area contributed by atoms with Crippen LogP contribution in [0.1, 0.15) is 23.2 Å². The van der Waals surface area contributed by atoms with Crippen LogP contribution >= 0.6 is 0 Å². The van der Waals surface area contributed by atoms with Crippen molar-refractivity contribution in [3.63, 3.8) is 0 Å². The van der Waals surface area contributed by atoms with Gasteiger partial charge in [-0.2, -0.15) is 10.2 Å². The summed E-state index contributed by atoms with van der Waals surface area (Å²) < 4.78 is 23.7. The highest BCUT2D eigenvalue weighted by atomic mass is 19.1. The van der Waals surface area contributed by atoms with Crippen molar-refractivity contribution < 1.29 is 9.13 Å². The molecule has 1 saturated heterocycles. The second-order valence-corrected chi connectivity index (χ2v) is 9.08. The lowest BCUT2D eigenvalue weighted by Crippen LogP contribution is -2.48. The number of likely N-dealkylation sites (tertiary alicyclic amines) is 1. The van der Waals surface area contributed by atoms with E-state index in [1.54, 1.807) is 22.4 Å². The molecule has 4 aromatic rings. The summed E-state index contributed by atoms with van der Waals surface area (Å²) >= 11 is 0. The van der Waals surface area contributed by atoms with Crippen LogP contribution < -0.4 is 15.8 Å². The number of pyridine rings is 1. The fourth-order valence-electron chi connectivity index (χ4n) is 4.52. The van der Waals surface area contributed by atoms with Gasteiger partial charge in [0.1, 0.15) is 29.7 Å². The van der Waals surface area contributed by atoms with Crippen LogP contribution in [0.4, 0.5) is 10.1 Å². The second-order valence-electron chi connectivity index (χ2n) is 9.08. The molecule has 3 aromatic heterocycles. The van der Waals surface area contributed by atoms with E-state index in [0.717, 1.165) is 34.8 Å². The number of aliphatic imine (C=N–C) groups is 1. The highest BCUT2D eigenvalue weighted by molar-refractivity contribution is 6.08. The minimum absolute atomic E-state index is 0.310. The number of fused-ring (bicyclic) bond motifs is 1. The molecule has 1 aliphatic rings. The zero-order valence-corrected chi connectivity index (χ0v) is 20.9. The molecule has 0 aliphatic carbocycles. The van der Waals surface area contributed by atoms with Gasteiger partial charge in [0, 0.05) is 63.6 Å². The molecule has 1 aromatic carbocycles. The maximum atomic E-state index is 14.2. The minimum atomic E-state index is -1.03. The molecule has 5 rings (SSSR count). The van der Waals surface area contributed by atoms with Crippen molar-refractivity contribution in [2.75, 3.05) is 25.5 Å². The molecule has 0 bridgehead atoms. The van der Waals surface area contributed by atoms with E-state index in [0.29, 0.717) is 36.7 Å². The Kier molecular flexibility index (Phi) is 6.97. The summed E-state index contributed by atoms with van der Waals surface area (Å²) in [6.07, 6.45) is 4.74. The lowest BCUT2D eigenvalue weighted by atomic mass is 10.0. The molecule has 192 valence electrons. The van der Waals surface area contributed by atoms with Crippen LogP contribution in [0.15, 0.2) is 65.2 Å². The highest BCUT2D eigenvalue weighted by Crippen LogP contribution is 2.28. The fraction of sp³-hybridized carbons (Fsp3) is 0.308. The van der Waals surface area contributed by atoms with Gasteiger partial charge in [-0.25, -0.2) is 18.6 Å². The van der Waals surface area contributed by atoms with Crippen molar-refractivity contribution in [2.24, 2.45) is 15.8 Å². The molecular formula is C26H30FN9O. The SMILES string of the molecule is C=Nn1ccc(CN2CC[C@@H](N)[C@@H](F)C2)c1C(=NC)Nc1ccc(Oc2ccn3ncnc3c2)c(C)c1. The highest BCUT2D eigenvalue weighted by Gasteiger charge is 2.27. The third-order valence-electron chi connectivity index (χ3n) is 6.54. The number of aryl methyl sites for hydroxylation is 1. The number of nitrogens with one attached hydrogen (secondary N) is 1. The summed E-state index contributed by atoms with van der Waals surface area (Å²) in [5.74, 6) is 2.03. The Morgan fingerprint density at radius 1 is 1.27 bits per heavy atom. The molecule has 4 heterocycles. The number of hydrogen-bond donors (Lipinski definition) is 2. The minimum Gasteiger partial charge on any atom is -0.457 e. The van der Waals surface area contributed by atoms with Crippen molar-refractivity contribution in [3.8, 4) is 11.5 Å². The number of nitrogens with zero attached hydrogens (tertiary/aromatic N) is 7. The Balaban J connectivity index is 1.33. The Labute approximate surface area is 214 Å². The van der Waals surface area contributed by atoms with Gasteiger partial charge in [-0.05, 0) is 54.8 Å². The van der Waals surface area contributed by atoms with Crippen molar-refractivity contribution in [1.82, 2.24) is 24.2 Å². The first-order chi connectivity index (χ1) is 17.9. The molecule has 0 spiro atoms. The van der Waals surface area contributed by atoms with Gasteiger partial charge in [-0.15, -0.1) is 0 Å². The number of aromatic nitrogens is 4. The van der Waals surface area contributed by atoms with Crippen LogP contribution in [0.3, 0.4) is 0 Å². The lowest BCUT2D eigenvalue weighted by Gasteiger charge is -2.32. The summed E-state index contributed by atoms with van der Waals surface area (Å²) in [7, 11) is 1.72. The summed E-state index contributed by atoms with van der Waals surface area (Å²) in [6.45, 7) is 7.28. The number of rotatable bonds is 7. The third kappa shape index (κ3) is 5.23. The lowest BCUT2D eigenvalue weighted by molar-refractivity contribution is 0.114. The number of hydrogen-bond acceptors (Lipinski definition) is 7. The number of anilines is 1. The smallest absolute Gasteiger partial charge is 0.158 e.